The Bertz CT molecular complexity index is 602. The number of rotatable bonds is 3. The molecule has 0 aliphatic carbocycles. The van der Waals surface area contributed by atoms with Crippen molar-refractivity contribution in [2.45, 2.75) is 6.54 Å². The van der Waals surface area contributed by atoms with Crippen LogP contribution in [0.3, 0.4) is 0 Å². The van der Waals surface area contributed by atoms with Crippen LogP contribution in [0, 0.1) is 17.1 Å². The number of nitriles is 1. The van der Waals surface area contributed by atoms with Gasteiger partial charge in [0, 0.05) is 23.1 Å². The average Bonchev–Trinajstić information content (AvgIpc) is 2.90. The molecule has 1 amide bonds. The van der Waals surface area contributed by atoms with Crippen LogP contribution in [0.2, 0.25) is 0 Å². The summed E-state index contributed by atoms with van der Waals surface area (Å²) in [6, 6.07) is 7.74. The molecule has 0 saturated carbocycles. The molecular weight excluding hydrogens is 251 g/mol. The molecule has 1 aromatic heterocycles. The van der Waals surface area contributed by atoms with Crippen molar-refractivity contribution < 1.29 is 9.18 Å². The molecule has 0 atom stereocenters. The second-order valence-electron chi connectivity index (χ2n) is 3.61. The molecule has 0 spiro atoms. The summed E-state index contributed by atoms with van der Waals surface area (Å²) in [6.07, 6.45) is 0. The highest BCUT2D eigenvalue weighted by molar-refractivity contribution is 7.08. The predicted octanol–water partition coefficient (Wildman–Crippen LogP) is 2.69. The molecule has 5 heteroatoms. The minimum atomic E-state index is -0.486. The highest BCUT2D eigenvalue weighted by Crippen LogP contribution is 2.10. The van der Waals surface area contributed by atoms with Crippen molar-refractivity contribution in [3.63, 3.8) is 0 Å². The number of benzene rings is 1. The largest absolute Gasteiger partial charge is 0.348 e. The predicted molar refractivity (Wildman–Crippen MR) is 66.6 cm³/mol. The molecule has 0 saturated heterocycles. The van der Waals surface area contributed by atoms with Gasteiger partial charge in [-0.1, -0.05) is 6.07 Å². The Labute approximate surface area is 107 Å². The summed E-state index contributed by atoms with van der Waals surface area (Å²) in [7, 11) is 0. The summed E-state index contributed by atoms with van der Waals surface area (Å²) < 4.78 is 13.5. The molecule has 2 aromatic rings. The van der Waals surface area contributed by atoms with Crippen molar-refractivity contribution in [1.82, 2.24) is 5.32 Å². The molecule has 1 heterocycles. The number of carbonyl (C=O) groups is 1. The normalized spacial score (nSPS) is 9.78. The molecule has 0 bridgehead atoms. The molecule has 0 radical (unpaired) electrons. The second kappa shape index (κ2) is 5.43. The molecular formula is C13H9FN2OS. The molecule has 18 heavy (non-hydrogen) atoms. The van der Waals surface area contributed by atoms with Gasteiger partial charge in [0.25, 0.3) is 5.91 Å². The van der Waals surface area contributed by atoms with E-state index in [0.717, 1.165) is 6.07 Å². The van der Waals surface area contributed by atoms with Gasteiger partial charge in [0.2, 0.25) is 0 Å². The zero-order valence-electron chi connectivity index (χ0n) is 9.31. The van der Waals surface area contributed by atoms with Gasteiger partial charge in [-0.15, -0.1) is 0 Å². The first-order valence-electron chi connectivity index (χ1n) is 5.19. The van der Waals surface area contributed by atoms with Crippen molar-refractivity contribution in [2.75, 3.05) is 0 Å². The zero-order chi connectivity index (χ0) is 13.0. The summed E-state index contributed by atoms with van der Waals surface area (Å²) in [6.45, 7) is 0.103. The molecule has 2 rings (SSSR count). The van der Waals surface area contributed by atoms with Gasteiger partial charge in [0.1, 0.15) is 5.82 Å². The maximum atomic E-state index is 13.5. The van der Waals surface area contributed by atoms with E-state index < -0.39 is 5.82 Å². The quantitative estimate of drug-likeness (QED) is 0.922. The molecule has 1 aromatic carbocycles. The van der Waals surface area contributed by atoms with Crippen molar-refractivity contribution in [3.05, 3.63) is 57.5 Å². The Morgan fingerprint density at radius 2 is 2.28 bits per heavy atom. The molecule has 0 fully saturated rings. The number of carbonyl (C=O) groups excluding carboxylic acids is 1. The Morgan fingerprint density at radius 1 is 1.44 bits per heavy atom. The lowest BCUT2D eigenvalue weighted by molar-refractivity contribution is 0.0951. The molecule has 0 unspecified atom stereocenters. The van der Waals surface area contributed by atoms with Gasteiger partial charge >= 0.3 is 0 Å². The fourth-order valence-corrected chi connectivity index (χ4v) is 2.07. The Hall–Kier alpha value is -2.19. The van der Waals surface area contributed by atoms with Crippen molar-refractivity contribution in [1.29, 1.82) is 5.26 Å². The smallest absolute Gasteiger partial charge is 0.252 e. The number of nitrogens with one attached hydrogen (secondary N) is 1. The van der Waals surface area contributed by atoms with Crippen LogP contribution in [-0.2, 0) is 6.54 Å². The first-order chi connectivity index (χ1) is 8.70. The van der Waals surface area contributed by atoms with E-state index in [0.29, 0.717) is 11.1 Å². The van der Waals surface area contributed by atoms with Gasteiger partial charge < -0.3 is 5.32 Å². The third-order valence-electron chi connectivity index (χ3n) is 2.40. The maximum absolute atomic E-state index is 13.5. The summed E-state index contributed by atoms with van der Waals surface area (Å²) in [4.78, 5) is 11.6. The van der Waals surface area contributed by atoms with Gasteiger partial charge in [-0.05, 0) is 23.6 Å². The fraction of sp³-hybridized carbons (Fsp3) is 0.0769. The number of hydrogen-bond acceptors (Lipinski definition) is 3. The number of thiophene rings is 1. The lowest BCUT2D eigenvalue weighted by Crippen LogP contribution is -2.22. The monoisotopic (exact) mass is 260 g/mol. The van der Waals surface area contributed by atoms with E-state index in [4.69, 9.17) is 5.26 Å². The number of amides is 1. The fourth-order valence-electron chi connectivity index (χ4n) is 1.43. The molecule has 0 aliphatic rings. The van der Waals surface area contributed by atoms with Crippen LogP contribution < -0.4 is 5.32 Å². The summed E-state index contributed by atoms with van der Waals surface area (Å²) in [5, 5.41) is 14.8. The molecule has 90 valence electrons. The Morgan fingerprint density at radius 3 is 2.89 bits per heavy atom. The SMILES string of the molecule is N#Cc1ccc(CNC(=O)c2ccsc2)c(F)c1. The Kier molecular flexibility index (Phi) is 3.70. The Balaban J connectivity index is 2.03. The topological polar surface area (TPSA) is 52.9 Å². The van der Waals surface area contributed by atoms with E-state index in [1.54, 1.807) is 16.8 Å². The van der Waals surface area contributed by atoms with Crippen molar-refractivity contribution >= 4 is 17.2 Å². The van der Waals surface area contributed by atoms with Crippen LogP contribution in [0.5, 0.6) is 0 Å². The van der Waals surface area contributed by atoms with Crippen LogP contribution in [0.1, 0.15) is 21.5 Å². The van der Waals surface area contributed by atoms with Gasteiger partial charge in [0.05, 0.1) is 11.6 Å². The van der Waals surface area contributed by atoms with Gasteiger partial charge in [-0.2, -0.15) is 16.6 Å². The van der Waals surface area contributed by atoms with E-state index in [-0.39, 0.29) is 18.0 Å². The van der Waals surface area contributed by atoms with Crippen LogP contribution in [0.25, 0.3) is 0 Å². The first kappa shape index (κ1) is 12.3. The lowest BCUT2D eigenvalue weighted by Gasteiger charge is -2.05. The highest BCUT2D eigenvalue weighted by atomic mass is 32.1. The summed E-state index contributed by atoms with van der Waals surface area (Å²) in [5.74, 6) is -0.723. The minimum Gasteiger partial charge on any atom is -0.348 e. The summed E-state index contributed by atoms with van der Waals surface area (Å²) >= 11 is 1.43. The van der Waals surface area contributed by atoms with Crippen molar-refractivity contribution in [3.8, 4) is 6.07 Å². The summed E-state index contributed by atoms with van der Waals surface area (Å²) in [5.41, 5.74) is 1.19. The first-order valence-corrected chi connectivity index (χ1v) is 6.14. The van der Waals surface area contributed by atoms with E-state index >= 15 is 0 Å². The lowest BCUT2D eigenvalue weighted by atomic mass is 10.1. The third kappa shape index (κ3) is 2.73. The number of halogens is 1. The van der Waals surface area contributed by atoms with Crippen LogP contribution >= 0.6 is 11.3 Å². The van der Waals surface area contributed by atoms with E-state index in [1.165, 1.54) is 23.5 Å². The molecule has 1 N–H and O–H groups in total. The van der Waals surface area contributed by atoms with Crippen LogP contribution in [-0.4, -0.2) is 5.91 Å². The van der Waals surface area contributed by atoms with E-state index in [2.05, 4.69) is 5.32 Å². The van der Waals surface area contributed by atoms with Crippen LogP contribution in [0.4, 0.5) is 4.39 Å². The third-order valence-corrected chi connectivity index (χ3v) is 3.09. The molecule has 3 nitrogen and oxygen atoms in total. The van der Waals surface area contributed by atoms with Crippen LogP contribution in [0.15, 0.2) is 35.0 Å². The van der Waals surface area contributed by atoms with Gasteiger partial charge in [-0.25, -0.2) is 4.39 Å². The standard InChI is InChI=1S/C13H9FN2OS/c14-12-5-9(6-15)1-2-10(12)7-16-13(17)11-3-4-18-8-11/h1-5,8H,7H2,(H,16,17). The number of hydrogen-bond donors (Lipinski definition) is 1. The number of nitrogens with zero attached hydrogens (tertiary/aromatic N) is 1. The van der Waals surface area contributed by atoms with Gasteiger partial charge in [-0.3, -0.25) is 4.79 Å². The van der Waals surface area contributed by atoms with E-state index in [1.807, 2.05) is 6.07 Å². The second-order valence-corrected chi connectivity index (χ2v) is 4.39. The minimum absolute atomic E-state index is 0.103. The van der Waals surface area contributed by atoms with Crippen molar-refractivity contribution in [2.24, 2.45) is 0 Å². The van der Waals surface area contributed by atoms with Gasteiger partial charge in [0.15, 0.2) is 0 Å². The maximum Gasteiger partial charge on any atom is 0.252 e. The van der Waals surface area contributed by atoms with E-state index in [9.17, 15) is 9.18 Å². The average molecular weight is 260 g/mol. The molecule has 0 aliphatic heterocycles. The zero-order valence-corrected chi connectivity index (χ0v) is 10.1. The highest BCUT2D eigenvalue weighted by Gasteiger charge is 2.08.